The van der Waals surface area contributed by atoms with Crippen LogP contribution in [-0.4, -0.2) is 18.4 Å². The lowest BCUT2D eigenvalue weighted by molar-refractivity contribution is -0.116. The number of nitrogens with one attached hydrogen (secondary N) is 2. The molecule has 5 heteroatoms. The lowest BCUT2D eigenvalue weighted by Gasteiger charge is -2.19. The SMILES string of the molecule is Cc1ccc(F)cc1NC(=O)CCNC(=O)c1ccc(C(C)(C)C)cc1. The predicted octanol–water partition coefficient (Wildman–Crippen LogP) is 4.19. The molecule has 0 atom stereocenters. The standard InChI is InChI=1S/C21H25FN2O2/c1-14-5-10-17(22)13-18(14)24-19(25)11-12-23-20(26)15-6-8-16(9-7-15)21(2,3)4/h5-10,13H,11-12H2,1-4H3,(H,23,26)(H,24,25). The van der Waals surface area contributed by atoms with Crippen LogP contribution in [0, 0.1) is 12.7 Å². The monoisotopic (exact) mass is 356 g/mol. The first-order chi connectivity index (χ1) is 12.2. The van der Waals surface area contributed by atoms with Crippen molar-refractivity contribution < 1.29 is 14.0 Å². The number of amides is 2. The van der Waals surface area contributed by atoms with E-state index in [4.69, 9.17) is 0 Å². The summed E-state index contributed by atoms with van der Waals surface area (Å²) in [5.74, 6) is -0.903. The summed E-state index contributed by atoms with van der Waals surface area (Å²) in [5, 5.41) is 5.38. The highest BCUT2D eigenvalue weighted by atomic mass is 19.1. The molecule has 0 aliphatic rings. The minimum atomic E-state index is -0.405. The summed E-state index contributed by atoms with van der Waals surface area (Å²) in [6.07, 6.45) is 0.113. The highest BCUT2D eigenvalue weighted by Crippen LogP contribution is 2.22. The molecule has 138 valence electrons. The Balaban J connectivity index is 1.84. The van der Waals surface area contributed by atoms with Gasteiger partial charge in [-0.1, -0.05) is 39.0 Å². The summed E-state index contributed by atoms with van der Waals surface area (Å²) in [5.41, 5.74) is 2.96. The Labute approximate surface area is 153 Å². The van der Waals surface area contributed by atoms with Crippen LogP contribution in [0.5, 0.6) is 0 Å². The van der Waals surface area contributed by atoms with Gasteiger partial charge in [0.15, 0.2) is 0 Å². The maximum atomic E-state index is 13.2. The first kappa shape index (κ1) is 19.6. The largest absolute Gasteiger partial charge is 0.352 e. The van der Waals surface area contributed by atoms with Gasteiger partial charge in [0.25, 0.3) is 5.91 Å². The van der Waals surface area contributed by atoms with Crippen LogP contribution >= 0.6 is 0 Å². The van der Waals surface area contributed by atoms with Gasteiger partial charge in [-0.3, -0.25) is 9.59 Å². The van der Waals surface area contributed by atoms with Crippen molar-refractivity contribution in [1.29, 1.82) is 0 Å². The third-order valence-electron chi connectivity index (χ3n) is 4.12. The maximum Gasteiger partial charge on any atom is 0.251 e. The Hall–Kier alpha value is -2.69. The van der Waals surface area contributed by atoms with Gasteiger partial charge >= 0.3 is 0 Å². The molecule has 0 saturated carbocycles. The van der Waals surface area contributed by atoms with Crippen molar-refractivity contribution >= 4 is 17.5 Å². The summed E-state index contributed by atoms with van der Waals surface area (Å²) in [4.78, 5) is 24.1. The Bertz CT molecular complexity index is 793. The molecule has 2 N–H and O–H groups in total. The number of benzene rings is 2. The number of anilines is 1. The number of aryl methyl sites for hydroxylation is 1. The van der Waals surface area contributed by atoms with Crippen molar-refractivity contribution in [2.75, 3.05) is 11.9 Å². The van der Waals surface area contributed by atoms with E-state index in [9.17, 15) is 14.0 Å². The van der Waals surface area contributed by atoms with Crippen molar-refractivity contribution in [3.8, 4) is 0 Å². The fourth-order valence-electron chi connectivity index (χ4n) is 2.45. The molecule has 2 aromatic rings. The van der Waals surface area contributed by atoms with Gasteiger partial charge in [0, 0.05) is 24.2 Å². The summed E-state index contributed by atoms with van der Waals surface area (Å²) >= 11 is 0. The normalized spacial score (nSPS) is 11.1. The van der Waals surface area contributed by atoms with E-state index in [1.807, 2.05) is 12.1 Å². The Morgan fingerprint density at radius 3 is 2.31 bits per heavy atom. The zero-order valence-corrected chi connectivity index (χ0v) is 15.7. The van der Waals surface area contributed by atoms with Gasteiger partial charge in [-0.2, -0.15) is 0 Å². The van der Waals surface area contributed by atoms with Crippen molar-refractivity contribution in [3.05, 3.63) is 65.0 Å². The average Bonchev–Trinajstić information content (AvgIpc) is 2.57. The van der Waals surface area contributed by atoms with Gasteiger partial charge in [0.05, 0.1) is 0 Å². The van der Waals surface area contributed by atoms with Crippen LogP contribution in [0.25, 0.3) is 0 Å². The van der Waals surface area contributed by atoms with Gasteiger partial charge in [-0.05, 0) is 47.7 Å². The fraction of sp³-hybridized carbons (Fsp3) is 0.333. The molecular formula is C21H25FN2O2. The Kier molecular flexibility index (Phi) is 6.14. The summed E-state index contributed by atoms with van der Waals surface area (Å²) in [7, 11) is 0. The molecule has 4 nitrogen and oxygen atoms in total. The molecule has 0 radical (unpaired) electrons. The number of rotatable bonds is 5. The highest BCUT2D eigenvalue weighted by molar-refractivity contribution is 5.95. The molecule has 0 aromatic heterocycles. The van der Waals surface area contributed by atoms with Crippen LogP contribution in [0.3, 0.4) is 0 Å². The molecule has 2 aromatic carbocycles. The predicted molar refractivity (Wildman–Crippen MR) is 102 cm³/mol. The topological polar surface area (TPSA) is 58.2 Å². The number of carbonyl (C=O) groups excluding carboxylic acids is 2. The third kappa shape index (κ3) is 5.41. The zero-order valence-electron chi connectivity index (χ0n) is 15.7. The first-order valence-corrected chi connectivity index (χ1v) is 8.61. The van der Waals surface area contributed by atoms with Gasteiger partial charge in [-0.25, -0.2) is 4.39 Å². The van der Waals surface area contributed by atoms with E-state index < -0.39 is 5.82 Å². The number of carbonyl (C=O) groups is 2. The van der Waals surface area contributed by atoms with Crippen LogP contribution in [0.15, 0.2) is 42.5 Å². The number of hydrogen-bond acceptors (Lipinski definition) is 2. The molecule has 0 aliphatic heterocycles. The van der Waals surface area contributed by atoms with E-state index in [2.05, 4.69) is 31.4 Å². The van der Waals surface area contributed by atoms with E-state index in [-0.39, 0.29) is 30.2 Å². The van der Waals surface area contributed by atoms with Gasteiger partial charge in [-0.15, -0.1) is 0 Å². The summed E-state index contributed by atoms with van der Waals surface area (Å²) < 4.78 is 13.2. The summed E-state index contributed by atoms with van der Waals surface area (Å²) in [6, 6.07) is 11.7. The summed E-state index contributed by atoms with van der Waals surface area (Å²) in [6.45, 7) is 8.33. The second kappa shape index (κ2) is 8.13. The van der Waals surface area contributed by atoms with E-state index in [1.54, 1.807) is 25.1 Å². The molecule has 0 aliphatic carbocycles. The lowest BCUT2D eigenvalue weighted by atomic mass is 9.87. The molecule has 0 unspecified atom stereocenters. The first-order valence-electron chi connectivity index (χ1n) is 8.61. The van der Waals surface area contributed by atoms with Crippen molar-refractivity contribution in [1.82, 2.24) is 5.32 Å². The van der Waals surface area contributed by atoms with Crippen LogP contribution in [0.1, 0.15) is 48.7 Å². The second-order valence-corrected chi connectivity index (χ2v) is 7.34. The Morgan fingerprint density at radius 2 is 1.69 bits per heavy atom. The van der Waals surface area contributed by atoms with Crippen molar-refractivity contribution in [2.24, 2.45) is 0 Å². The van der Waals surface area contributed by atoms with Crippen LogP contribution in [0.2, 0.25) is 0 Å². The minimum absolute atomic E-state index is 0.0299. The third-order valence-corrected chi connectivity index (χ3v) is 4.12. The van der Waals surface area contributed by atoms with Crippen LogP contribution in [-0.2, 0) is 10.2 Å². The molecule has 0 heterocycles. The van der Waals surface area contributed by atoms with Crippen molar-refractivity contribution in [3.63, 3.8) is 0 Å². The quantitative estimate of drug-likeness (QED) is 0.844. The Morgan fingerprint density at radius 1 is 1.04 bits per heavy atom. The molecule has 0 fully saturated rings. The van der Waals surface area contributed by atoms with Gasteiger partial charge in [0.2, 0.25) is 5.91 Å². The molecule has 0 spiro atoms. The zero-order chi connectivity index (χ0) is 19.3. The molecule has 0 saturated heterocycles. The van der Waals surface area contributed by atoms with E-state index >= 15 is 0 Å². The van der Waals surface area contributed by atoms with E-state index in [0.29, 0.717) is 11.3 Å². The average molecular weight is 356 g/mol. The second-order valence-electron chi connectivity index (χ2n) is 7.34. The van der Waals surface area contributed by atoms with Gasteiger partial charge in [0.1, 0.15) is 5.82 Å². The highest BCUT2D eigenvalue weighted by Gasteiger charge is 2.14. The van der Waals surface area contributed by atoms with E-state index in [0.717, 1.165) is 11.1 Å². The minimum Gasteiger partial charge on any atom is -0.352 e. The molecule has 26 heavy (non-hydrogen) atoms. The molecule has 0 bridgehead atoms. The van der Waals surface area contributed by atoms with Crippen LogP contribution in [0.4, 0.5) is 10.1 Å². The van der Waals surface area contributed by atoms with Gasteiger partial charge < -0.3 is 10.6 Å². The van der Waals surface area contributed by atoms with E-state index in [1.165, 1.54) is 12.1 Å². The van der Waals surface area contributed by atoms with Crippen LogP contribution < -0.4 is 10.6 Å². The molecular weight excluding hydrogens is 331 g/mol. The molecule has 2 rings (SSSR count). The van der Waals surface area contributed by atoms with Crippen molar-refractivity contribution in [2.45, 2.75) is 39.5 Å². The smallest absolute Gasteiger partial charge is 0.251 e. The molecule has 2 amide bonds. The fourth-order valence-corrected chi connectivity index (χ4v) is 2.45. The maximum absolute atomic E-state index is 13.2. The number of hydrogen-bond donors (Lipinski definition) is 2. The number of halogens is 1. The lowest BCUT2D eigenvalue weighted by Crippen LogP contribution is -2.27.